The standard InChI is InChI=1S/C18H21N3O2S/c22-17-20-13-18(23-17)7-4-9-21(10-8-18)12-15-11-19-16(24-15)14-5-2-1-3-6-14/h1-3,5-6,11H,4,7-10,12-13H2,(H,20,22)/t18-/m0/s1. The van der Waals surface area contributed by atoms with E-state index in [0.717, 1.165) is 43.9 Å². The molecular weight excluding hydrogens is 322 g/mol. The highest BCUT2D eigenvalue weighted by Crippen LogP contribution is 2.31. The van der Waals surface area contributed by atoms with Crippen LogP contribution in [0.1, 0.15) is 24.1 Å². The van der Waals surface area contributed by atoms with Gasteiger partial charge in [-0.15, -0.1) is 11.3 Å². The molecule has 2 fully saturated rings. The molecular formula is C18H21N3O2S. The number of carbonyl (C=O) groups is 1. The van der Waals surface area contributed by atoms with Crippen molar-refractivity contribution in [1.82, 2.24) is 15.2 Å². The summed E-state index contributed by atoms with van der Waals surface area (Å²) in [5.41, 5.74) is 0.891. The molecule has 2 saturated heterocycles. The van der Waals surface area contributed by atoms with Crippen molar-refractivity contribution in [3.05, 3.63) is 41.4 Å². The molecule has 5 nitrogen and oxygen atoms in total. The van der Waals surface area contributed by atoms with Gasteiger partial charge in [-0.1, -0.05) is 30.3 Å². The number of nitrogens with zero attached hydrogens (tertiary/aromatic N) is 2. The summed E-state index contributed by atoms with van der Waals surface area (Å²) in [6, 6.07) is 10.3. The van der Waals surface area contributed by atoms with Crippen LogP contribution in [-0.4, -0.2) is 41.2 Å². The molecule has 1 atom stereocenters. The van der Waals surface area contributed by atoms with Crippen molar-refractivity contribution in [1.29, 1.82) is 0 Å². The SMILES string of the molecule is O=C1NC[C@@]2(CCCN(Cc3cnc(-c4ccccc4)s3)CC2)O1. The fourth-order valence-corrected chi connectivity index (χ4v) is 4.44. The first-order valence-electron chi connectivity index (χ1n) is 8.42. The summed E-state index contributed by atoms with van der Waals surface area (Å²) < 4.78 is 5.54. The Morgan fingerprint density at radius 3 is 2.92 bits per heavy atom. The van der Waals surface area contributed by atoms with E-state index < -0.39 is 0 Å². The molecule has 3 heterocycles. The molecule has 24 heavy (non-hydrogen) atoms. The Labute approximate surface area is 145 Å². The van der Waals surface area contributed by atoms with Crippen LogP contribution in [0.3, 0.4) is 0 Å². The van der Waals surface area contributed by atoms with Crippen LogP contribution in [0.25, 0.3) is 10.6 Å². The van der Waals surface area contributed by atoms with Gasteiger partial charge in [-0.25, -0.2) is 9.78 Å². The number of amides is 1. The van der Waals surface area contributed by atoms with Crippen molar-refractivity contribution in [3.63, 3.8) is 0 Å². The van der Waals surface area contributed by atoms with Crippen LogP contribution in [0, 0.1) is 0 Å². The molecule has 4 rings (SSSR count). The van der Waals surface area contributed by atoms with Gasteiger partial charge in [-0.2, -0.15) is 0 Å². The minimum Gasteiger partial charge on any atom is -0.441 e. The number of ether oxygens (including phenoxy) is 1. The van der Waals surface area contributed by atoms with E-state index in [1.54, 1.807) is 11.3 Å². The van der Waals surface area contributed by atoms with Crippen LogP contribution in [0.15, 0.2) is 36.5 Å². The van der Waals surface area contributed by atoms with E-state index in [2.05, 4.69) is 27.3 Å². The molecule has 1 spiro atoms. The summed E-state index contributed by atoms with van der Waals surface area (Å²) in [4.78, 5) is 19.7. The third kappa shape index (κ3) is 3.30. The fourth-order valence-electron chi connectivity index (χ4n) is 3.48. The molecule has 1 aromatic heterocycles. The zero-order valence-corrected chi connectivity index (χ0v) is 14.3. The Balaban J connectivity index is 1.39. The normalized spacial score (nSPS) is 24.6. The minimum atomic E-state index is -0.283. The largest absolute Gasteiger partial charge is 0.441 e. The lowest BCUT2D eigenvalue weighted by atomic mass is 9.95. The van der Waals surface area contributed by atoms with E-state index in [9.17, 15) is 4.79 Å². The number of benzene rings is 1. The van der Waals surface area contributed by atoms with Crippen molar-refractivity contribution in [2.45, 2.75) is 31.4 Å². The average molecular weight is 343 g/mol. The Kier molecular flexibility index (Phi) is 4.24. The van der Waals surface area contributed by atoms with Crippen molar-refractivity contribution in [2.75, 3.05) is 19.6 Å². The van der Waals surface area contributed by atoms with E-state index in [4.69, 9.17) is 4.74 Å². The lowest BCUT2D eigenvalue weighted by molar-refractivity contribution is 0.0443. The number of hydrogen-bond acceptors (Lipinski definition) is 5. The molecule has 0 aliphatic carbocycles. The first-order chi connectivity index (χ1) is 11.7. The summed E-state index contributed by atoms with van der Waals surface area (Å²) in [6.07, 6.45) is 4.62. The van der Waals surface area contributed by atoms with Crippen LogP contribution in [-0.2, 0) is 11.3 Å². The molecule has 126 valence electrons. The Hall–Kier alpha value is -1.92. The highest BCUT2D eigenvalue weighted by Gasteiger charge is 2.41. The second-order valence-electron chi connectivity index (χ2n) is 6.55. The van der Waals surface area contributed by atoms with Crippen molar-refractivity contribution in [2.24, 2.45) is 0 Å². The Morgan fingerprint density at radius 2 is 2.12 bits per heavy atom. The zero-order chi connectivity index (χ0) is 16.4. The lowest BCUT2D eigenvalue weighted by Crippen LogP contribution is -2.34. The molecule has 2 aliphatic heterocycles. The quantitative estimate of drug-likeness (QED) is 0.929. The topological polar surface area (TPSA) is 54.5 Å². The van der Waals surface area contributed by atoms with E-state index in [-0.39, 0.29) is 11.7 Å². The molecule has 1 amide bonds. The van der Waals surface area contributed by atoms with E-state index >= 15 is 0 Å². The molecule has 0 saturated carbocycles. The van der Waals surface area contributed by atoms with Crippen LogP contribution in [0.4, 0.5) is 4.79 Å². The fraction of sp³-hybridized carbons (Fsp3) is 0.444. The van der Waals surface area contributed by atoms with Crippen molar-refractivity contribution < 1.29 is 9.53 Å². The van der Waals surface area contributed by atoms with Crippen molar-refractivity contribution >= 4 is 17.4 Å². The molecule has 0 radical (unpaired) electrons. The molecule has 2 aliphatic rings. The van der Waals surface area contributed by atoms with Crippen LogP contribution < -0.4 is 5.32 Å². The summed E-state index contributed by atoms with van der Waals surface area (Å²) in [5.74, 6) is 0. The third-order valence-electron chi connectivity index (χ3n) is 4.81. The predicted molar refractivity (Wildman–Crippen MR) is 93.9 cm³/mol. The monoisotopic (exact) mass is 343 g/mol. The molecule has 2 aromatic rings. The maximum absolute atomic E-state index is 11.4. The summed E-state index contributed by atoms with van der Waals surface area (Å²) in [6.45, 7) is 3.56. The van der Waals surface area contributed by atoms with Gasteiger partial charge in [0.05, 0.1) is 6.54 Å². The lowest BCUT2D eigenvalue weighted by Gasteiger charge is -2.24. The maximum Gasteiger partial charge on any atom is 0.407 e. The van der Waals surface area contributed by atoms with Gasteiger partial charge < -0.3 is 10.1 Å². The highest BCUT2D eigenvalue weighted by atomic mass is 32.1. The van der Waals surface area contributed by atoms with Gasteiger partial charge in [-0.3, -0.25) is 4.90 Å². The minimum absolute atomic E-state index is 0.265. The zero-order valence-electron chi connectivity index (χ0n) is 13.5. The van der Waals surface area contributed by atoms with E-state index in [1.807, 2.05) is 24.4 Å². The van der Waals surface area contributed by atoms with Crippen LogP contribution in [0.5, 0.6) is 0 Å². The number of likely N-dealkylation sites (tertiary alicyclic amines) is 1. The maximum atomic E-state index is 11.4. The number of hydrogen-bond donors (Lipinski definition) is 1. The van der Waals surface area contributed by atoms with Gasteiger partial charge in [0.1, 0.15) is 10.6 Å². The number of alkyl carbamates (subject to hydrolysis) is 1. The number of carbonyl (C=O) groups excluding carboxylic acids is 1. The summed E-state index contributed by atoms with van der Waals surface area (Å²) >= 11 is 1.76. The summed E-state index contributed by atoms with van der Waals surface area (Å²) in [7, 11) is 0. The smallest absolute Gasteiger partial charge is 0.407 e. The molecule has 1 N–H and O–H groups in total. The summed E-state index contributed by atoms with van der Waals surface area (Å²) in [5, 5.41) is 3.88. The van der Waals surface area contributed by atoms with Crippen LogP contribution >= 0.6 is 11.3 Å². The first kappa shape index (κ1) is 15.6. The van der Waals surface area contributed by atoms with Gasteiger partial charge in [-0.05, 0) is 19.4 Å². The Bertz CT molecular complexity index is 718. The molecule has 1 aromatic carbocycles. The number of thiazole rings is 1. The number of nitrogens with one attached hydrogen (secondary N) is 1. The number of aromatic nitrogens is 1. The second-order valence-corrected chi connectivity index (χ2v) is 7.67. The third-order valence-corrected chi connectivity index (χ3v) is 5.84. The average Bonchev–Trinajstić information content (AvgIpc) is 3.15. The molecule has 0 unspecified atom stereocenters. The van der Waals surface area contributed by atoms with E-state index in [1.165, 1.54) is 10.4 Å². The Morgan fingerprint density at radius 1 is 1.25 bits per heavy atom. The first-order valence-corrected chi connectivity index (χ1v) is 9.23. The second kappa shape index (κ2) is 6.53. The number of rotatable bonds is 3. The van der Waals surface area contributed by atoms with Gasteiger partial charge in [0.2, 0.25) is 0 Å². The van der Waals surface area contributed by atoms with Crippen molar-refractivity contribution in [3.8, 4) is 10.6 Å². The van der Waals surface area contributed by atoms with Gasteiger partial charge in [0.25, 0.3) is 0 Å². The highest BCUT2D eigenvalue weighted by molar-refractivity contribution is 7.15. The predicted octanol–water partition coefficient (Wildman–Crippen LogP) is 3.27. The van der Waals surface area contributed by atoms with Gasteiger partial charge in [0, 0.05) is 36.1 Å². The van der Waals surface area contributed by atoms with Crippen LogP contribution in [0.2, 0.25) is 0 Å². The van der Waals surface area contributed by atoms with Gasteiger partial charge in [0.15, 0.2) is 0 Å². The van der Waals surface area contributed by atoms with Gasteiger partial charge >= 0.3 is 6.09 Å². The molecule has 0 bridgehead atoms. The molecule has 6 heteroatoms. The van der Waals surface area contributed by atoms with E-state index in [0.29, 0.717) is 6.54 Å².